The Bertz CT molecular complexity index is 399. The van der Waals surface area contributed by atoms with Gasteiger partial charge in [-0.2, -0.15) is 0 Å². The fourth-order valence-corrected chi connectivity index (χ4v) is 1.60. The first-order valence-electron chi connectivity index (χ1n) is 5.30. The summed E-state index contributed by atoms with van der Waals surface area (Å²) in [6.07, 6.45) is 5.63. The van der Waals surface area contributed by atoms with Crippen molar-refractivity contribution in [3.63, 3.8) is 0 Å². The molecule has 2 aromatic rings. The first kappa shape index (κ1) is 9.97. The van der Waals surface area contributed by atoms with Gasteiger partial charge in [-0.15, -0.1) is 0 Å². The third kappa shape index (κ3) is 2.46. The second-order valence-corrected chi connectivity index (χ2v) is 4.13. The molecule has 0 spiro atoms. The first-order chi connectivity index (χ1) is 7.25. The van der Waals surface area contributed by atoms with Crippen molar-refractivity contribution in [1.29, 1.82) is 0 Å². The molecule has 15 heavy (non-hydrogen) atoms. The molecule has 0 bridgehead atoms. The fourth-order valence-electron chi connectivity index (χ4n) is 1.60. The van der Waals surface area contributed by atoms with Crippen molar-refractivity contribution in [3.8, 4) is 0 Å². The molecule has 1 aromatic heterocycles. The van der Waals surface area contributed by atoms with Gasteiger partial charge in [0, 0.05) is 18.9 Å². The largest absolute Gasteiger partial charge is 0.333 e. The molecule has 0 saturated carbocycles. The molecule has 2 nitrogen and oxygen atoms in total. The van der Waals surface area contributed by atoms with Crippen molar-refractivity contribution in [2.75, 3.05) is 0 Å². The monoisotopic (exact) mass is 200 g/mol. The van der Waals surface area contributed by atoms with Gasteiger partial charge in [0.2, 0.25) is 0 Å². The number of hydrogen-bond acceptors (Lipinski definition) is 1. The molecule has 78 valence electrons. The minimum absolute atomic E-state index is 0.604. The summed E-state index contributed by atoms with van der Waals surface area (Å²) in [4.78, 5) is 4.03. The zero-order valence-corrected chi connectivity index (χ0v) is 9.22. The number of nitrogens with zero attached hydrogens (tertiary/aromatic N) is 2. The van der Waals surface area contributed by atoms with E-state index in [1.165, 1.54) is 11.1 Å². The topological polar surface area (TPSA) is 17.8 Å². The second kappa shape index (κ2) is 4.30. The smallest absolute Gasteiger partial charge is 0.0949 e. The molecular weight excluding hydrogens is 184 g/mol. The minimum atomic E-state index is 0.604. The van der Waals surface area contributed by atoms with E-state index in [-0.39, 0.29) is 0 Å². The summed E-state index contributed by atoms with van der Waals surface area (Å²) < 4.78 is 2.07. The van der Waals surface area contributed by atoms with Crippen molar-refractivity contribution < 1.29 is 0 Å². The Morgan fingerprint density at radius 2 is 1.93 bits per heavy atom. The van der Waals surface area contributed by atoms with E-state index < -0.39 is 0 Å². The highest BCUT2D eigenvalue weighted by atomic mass is 15.0. The number of imidazole rings is 1. The van der Waals surface area contributed by atoms with Crippen LogP contribution in [0.5, 0.6) is 0 Å². The van der Waals surface area contributed by atoms with E-state index in [0.717, 1.165) is 6.54 Å². The Balaban J connectivity index is 2.11. The molecule has 0 atom stereocenters. The summed E-state index contributed by atoms with van der Waals surface area (Å²) in [5.74, 6) is 0.604. The molecule has 0 N–H and O–H groups in total. The van der Waals surface area contributed by atoms with Crippen LogP contribution in [0.2, 0.25) is 0 Å². The van der Waals surface area contributed by atoms with Crippen LogP contribution in [0.3, 0.4) is 0 Å². The molecule has 0 aliphatic rings. The number of hydrogen-bond donors (Lipinski definition) is 0. The van der Waals surface area contributed by atoms with Crippen molar-refractivity contribution in [2.24, 2.45) is 0 Å². The lowest BCUT2D eigenvalue weighted by Crippen LogP contribution is -1.96. The van der Waals surface area contributed by atoms with E-state index in [1.807, 2.05) is 18.7 Å². The van der Waals surface area contributed by atoms with Gasteiger partial charge in [-0.05, 0) is 17.0 Å². The lowest BCUT2D eigenvalue weighted by molar-refractivity contribution is 0.794. The maximum Gasteiger partial charge on any atom is 0.0949 e. The summed E-state index contributed by atoms with van der Waals surface area (Å²) in [5.41, 5.74) is 2.71. The highest BCUT2D eigenvalue weighted by Gasteiger charge is 1.99. The second-order valence-electron chi connectivity index (χ2n) is 4.13. The number of rotatable bonds is 3. The Kier molecular flexibility index (Phi) is 2.86. The highest BCUT2D eigenvalue weighted by Crippen LogP contribution is 2.15. The third-order valence-corrected chi connectivity index (χ3v) is 2.57. The van der Waals surface area contributed by atoms with Gasteiger partial charge in [0.25, 0.3) is 0 Å². The lowest BCUT2D eigenvalue weighted by atomic mass is 10.0. The summed E-state index contributed by atoms with van der Waals surface area (Å²) in [5, 5.41) is 0. The summed E-state index contributed by atoms with van der Waals surface area (Å²) in [6, 6.07) is 8.79. The molecular formula is C13H16N2. The lowest BCUT2D eigenvalue weighted by Gasteiger charge is -2.07. The standard InChI is InChI=1S/C13H16N2/c1-11(2)13-5-3-12(4-6-13)9-15-8-7-14-10-15/h3-8,10-11H,9H2,1-2H3. The Labute approximate surface area is 90.6 Å². The van der Waals surface area contributed by atoms with Crippen LogP contribution in [0, 0.1) is 0 Å². The van der Waals surface area contributed by atoms with Gasteiger partial charge in [-0.3, -0.25) is 0 Å². The molecule has 0 aliphatic heterocycles. The van der Waals surface area contributed by atoms with Gasteiger partial charge in [0.05, 0.1) is 6.33 Å². The quantitative estimate of drug-likeness (QED) is 0.744. The molecule has 2 rings (SSSR count). The summed E-state index contributed by atoms with van der Waals surface area (Å²) in [7, 11) is 0. The predicted octanol–water partition coefficient (Wildman–Crippen LogP) is 3.05. The van der Waals surface area contributed by atoms with Crippen molar-refractivity contribution in [1.82, 2.24) is 9.55 Å². The van der Waals surface area contributed by atoms with Crippen LogP contribution in [0.25, 0.3) is 0 Å². The average molecular weight is 200 g/mol. The van der Waals surface area contributed by atoms with Crippen molar-refractivity contribution in [3.05, 3.63) is 54.1 Å². The molecule has 1 heterocycles. The van der Waals surface area contributed by atoms with Crippen LogP contribution >= 0.6 is 0 Å². The fraction of sp³-hybridized carbons (Fsp3) is 0.308. The molecule has 1 aromatic carbocycles. The maximum atomic E-state index is 4.03. The molecule has 0 aliphatic carbocycles. The first-order valence-corrected chi connectivity index (χ1v) is 5.30. The van der Waals surface area contributed by atoms with E-state index in [4.69, 9.17) is 0 Å². The van der Waals surface area contributed by atoms with Gasteiger partial charge in [0.1, 0.15) is 0 Å². The molecule has 0 radical (unpaired) electrons. The summed E-state index contributed by atoms with van der Waals surface area (Å²) in [6.45, 7) is 5.33. The average Bonchev–Trinajstić information content (AvgIpc) is 2.71. The number of benzene rings is 1. The predicted molar refractivity (Wildman–Crippen MR) is 61.9 cm³/mol. The molecule has 0 amide bonds. The van der Waals surface area contributed by atoms with Crippen LogP contribution in [-0.2, 0) is 6.54 Å². The minimum Gasteiger partial charge on any atom is -0.333 e. The third-order valence-electron chi connectivity index (χ3n) is 2.57. The normalized spacial score (nSPS) is 10.9. The zero-order valence-electron chi connectivity index (χ0n) is 9.22. The number of aromatic nitrogens is 2. The van der Waals surface area contributed by atoms with Gasteiger partial charge in [-0.1, -0.05) is 38.1 Å². The van der Waals surface area contributed by atoms with Gasteiger partial charge in [-0.25, -0.2) is 4.98 Å². The maximum absolute atomic E-state index is 4.03. The Morgan fingerprint density at radius 1 is 1.20 bits per heavy atom. The van der Waals surface area contributed by atoms with Crippen molar-refractivity contribution >= 4 is 0 Å². The van der Waals surface area contributed by atoms with E-state index in [9.17, 15) is 0 Å². The zero-order chi connectivity index (χ0) is 10.7. The van der Waals surface area contributed by atoms with Crippen molar-refractivity contribution in [2.45, 2.75) is 26.3 Å². The van der Waals surface area contributed by atoms with Crippen LogP contribution in [0.4, 0.5) is 0 Å². The van der Waals surface area contributed by atoms with Crippen LogP contribution < -0.4 is 0 Å². The van der Waals surface area contributed by atoms with E-state index in [1.54, 1.807) is 0 Å². The van der Waals surface area contributed by atoms with Crippen LogP contribution in [-0.4, -0.2) is 9.55 Å². The van der Waals surface area contributed by atoms with E-state index in [0.29, 0.717) is 5.92 Å². The highest BCUT2D eigenvalue weighted by molar-refractivity contribution is 5.24. The molecule has 0 fully saturated rings. The Hall–Kier alpha value is -1.57. The van der Waals surface area contributed by atoms with Crippen LogP contribution in [0.15, 0.2) is 43.0 Å². The molecule has 0 saturated heterocycles. The van der Waals surface area contributed by atoms with E-state index >= 15 is 0 Å². The molecule has 2 heteroatoms. The van der Waals surface area contributed by atoms with Gasteiger partial charge in [0.15, 0.2) is 0 Å². The summed E-state index contributed by atoms with van der Waals surface area (Å²) >= 11 is 0. The van der Waals surface area contributed by atoms with Gasteiger partial charge >= 0.3 is 0 Å². The van der Waals surface area contributed by atoms with Crippen LogP contribution in [0.1, 0.15) is 30.9 Å². The molecule has 0 unspecified atom stereocenters. The van der Waals surface area contributed by atoms with Gasteiger partial charge < -0.3 is 4.57 Å². The van der Waals surface area contributed by atoms with E-state index in [2.05, 4.69) is 47.7 Å². The Morgan fingerprint density at radius 3 is 2.47 bits per heavy atom. The SMILES string of the molecule is CC(C)c1ccc(Cn2ccnc2)cc1.